The van der Waals surface area contributed by atoms with Crippen molar-refractivity contribution in [2.24, 2.45) is 11.8 Å². The van der Waals surface area contributed by atoms with Gasteiger partial charge in [-0.25, -0.2) is 4.39 Å². The molecule has 0 spiro atoms. The summed E-state index contributed by atoms with van der Waals surface area (Å²) >= 11 is 0. The molecule has 1 aliphatic heterocycles. The van der Waals surface area contributed by atoms with E-state index in [-0.39, 0.29) is 5.82 Å². The number of hydrogen-bond donors (Lipinski definition) is 0. The first kappa shape index (κ1) is 20.3. The molecular formula is C25H34FN3. The predicted molar refractivity (Wildman–Crippen MR) is 117 cm³/mol. The topological polar surface area (TPSA) is 29.0 Å². The van der Waals surface area contributed by atoms with Crippen LogP contribution in [0.1, 0.15) is 75.2 Å². The van der Waals surface area contributed by atoms with Crippen LogP contribution in [0.3, 0.4) is 0 Å². The van der Waals surface area contributed by atoms with Gasteiger partial charge in [0.05, 0.1) is 5.69 Å². The van der Waals surface area contributed by atoms with Crippen LogP contribution in [-0.2, 0) is 12.8 Å². The van der Waals surface area contributed by atoms with E-state index in [9.17, 15) is 4.39 Å². The summed E-state index contributed by atoms with van der Waals surface area (Å²) in [5, 5.41) is 0. The number of aromatic nitrogens is 2. The third-order valence-electron chi connectivity index (χ3n) is 6.66. The zero-order chi connectivity index (χ0) is 20.2. The molecule has 0 aromatic carbocycles. The number of pyridine rings is 2. The molecule has 3 heterocycles. The maximum atomic E-state index is 14.4. The zero-order valence-corrected chi connectivity index (χ0v) is 17.9. The van der Waals surface area contributed by atoms with Crippen LogP contribution in [0.15, 0.2) is 30.6 Å². The van der Waals surface area contributed by atoms with Crippen molar-refractivity contribution in [2.45, 2.75) is 71.1 Å². The predicted octanol–water partition coefficient (Wildman–Crippen LogP) is 5.93. The average Bonchev–Trinajstić information content (AvgIpc) is 2.73. The van der Waals surface area contributed by atoms with E-state index in [1.807, 2.05) is 18.5 Å². The largest absolute Gasteiger partial charge is 0.371 e. The van der Waals surface area contributed by atoms with E-state index < -0.39 is 0 Å². The van der Waals surface area contributed by atoms with Crippen LogP contribution in [0.2, 0.25) is 0 Å². The van der Waals surface area contributed by atoms with Gasteiger partial charge in [-0.1, -0.05) is 33.1 Å². The van der Waals surface area contributed by atoms with Gasteiger partial charge in [-0.15, -0.1) is 0 Å². The lowest BCUT2D eigenvalue weighted by Crippen LogP contribution is -2.39. The number of nitrogens with zero attached hydrogens (tertiary/aromatic N) is 3. The lowest BCUT2D eigenvalue weighted by Gasteiger charge is -2.37. The number of rotatable bonds is 5. The first-order valence-electron chi connectivity index (χ1n) is 11.4. The van der Waals surface area contributed by atoms with E-state index in [1.54, 1.807) is 6.07 Å². The maximum Gasteiger partial charge on any atom is 0.144 e. The van der Waals surface area contributed by atoms with Gasteiger partial charge in [-0.2, -0.15) is 0 Å². The monoisotopic (exact) mass is 395 g/mol. The highest BCUT2D eigenvalue weighted by Crippen LogP contribution is 2.33. The molecule has 0 N–H and O–H groups in total. The molecule has 4 heteroatoms. The number of hydrogen-bond acceptors (Lipinski definition) is 3. The molecule has 4 rings (SSSR count). The van der Waals surface area contributed by atoms with Gasteiger partial charge in [0.15, 0.2) is 0 Å². The first-order valence-corrected chi connectivity index (χ1v) is 11.4. The summed E-state index contributed by atoms with van der Waals surface area (Å²) in [5.41, 5.74) is 4.29. The van der Waals surface area contributed by atoms with Crippen LogP contribution in [0, 0.1) is 17.7 Å². The molecule has 0 radical (unpaired) electrons. The Labute approximate surface area is 174 Å². The molecule has 2 aliphatic rings. The lowest BCUT2D eigenvalue weighted by molar-refractivity contribution is 0.356. The molecule has 2 atom stereocenters. The molecule has 3 nitrogen and oxygen atoms in total. The normalized spacial score (nSPS) is 23.3. The van der Waals surface area contributed by atoms with Gasteiger partial charge in [0.2, 0.25) is 0 Å². The molecule has 2 fully saturated rings. The van der Waals surface area contributed by atoms with Crippen LogP contribution in [0.5, 0.6) is 0 Å². The van der Waals surface area contributed by atoms with Crippen molar-refractivity contribution in [3.05, 3.63) is 53.4 Å². The van der Waals surface area contributed by atoms with Crippen molar-refractivity contribution in [1.29, 1.82) is 0 Å². The number of anilines is 1. The van der Waals surface area contributed by atoms with E-state index in [1.165, 1.54) is 36.9 Å². The highest BCUT2D eigenvalue weighted by molar-refractivity contribution is 5.53. The second-order valence-corrected chi connectivity index (χ2v) is 9.36. The van der Waals surface area contributed by atoms with Crippen molar-refractivity contribution in [3.8, 4) is 0 Å². The van der Waals surface area contributed by atoms with Crippen molar-refractivity contribution >= 4 is 5.69 Å². The van der Waals surface area contributed by atoms with E-state index in [0.29, 0.717) is 11.6 Å². The Morgan fingerprint density at radius 1 is 1.00 bits per heavy atom. The Morgan fingerprint density at radius 2 is 1.76 bits per heavy atom. The fourth-order valence-electron chi connectivity index (χ4n) is 5.34. The van der Waals surface area contributed by atoms with Crippen LogP contribution >= 0.6 is 0 Å². The summed E-state index contributed by atoms with van der Waals surface area (Å²) in [4.78, 5) is 11.7. The van der Waals surface area contributed by atoms with Crippen molar-refractivity contribution in [1.82, 2.24) is 9.97 Å². The SMILES string of the molecule is C[C@@H]1C[C@H](C)CN(c2ccncc2CCc2ccc(F)c(C3CCCCC3)n2)C1. The summed E-state index contributed by atoms with van der Waals surface area (Å²) in [6.45, 7) is 6.92. The number of aryl methyl sites for hydroxylation is 2. The van der Waals surface area contributed by atoms with Gasteiger partial charge in [-0.05, 0) is 67.7 Å². The Hall–Kier alpha value is -1.97. The van der Waals surface area contributed by atoms with Crippen LogP contribution in [0.4, 0.5) is 10.1 Å². The summed E-state index contributed by atoms with van der Waals surface area (Å²) in [6, 6.07) is 5.65. The molecule has 1 saturated heterocycles. The number of piperidine rings is 1. The zero-order valence-electron chi connectivity index (χ0n) is 17.9. The van der Waals surface area contributed by atoms with Gasteiger partial charge in [0.25, 0.3) is 0 Å². The molecular weight excluding hydrogens is 361 g/mol. The molecule has 29 heavy (non-hydrogen) atoms. The Bertz CT molecular complexity index is 805. The minimum Gasteiger partial charge on any atom is -0.371 e. The Balaban J connectivity index is 1.48. The van der Waals surface area contributed by atoms with Crippen LogP contribution < -0.4 is 4.90 Å². The van der Waals surface area contributed by atoms with E-state index in [4.69, 9.17) is 4.98 Å². The van der Waals surface area contributed by atoms with Gasteiger partial charge >= 0.3 is 0 Å². The van der Waals surface area contributed by atoms with Crippen molar-refractivity contribution in [2.75, 3.05) is 18.0 Å². The van der Waals surface area contributed by atoms with Gasteiger partial charge in [0.1, 0.15) is 5.82 Å². The highest BCUT2D eigenvalue weighted by atomic mass is 19.1. The molecule has 1 saturated carbocycles. The second-order valence-electron chi connectivity index (χ2n) is 9.36. The Kier molecular flexibility index (Phi) is 6.46. The maximum absolute atomic E-state index is 14.4. The third kappa shape index (κ3) is 4.96. The Morgan fingerprint density at radius 3 is 2.52 bits per heavy atom. The quantitative estimate of drug-likeness (QED) is 0.628. The molecule has 2 aromatic heterocycles. The van der Waals surface area contributed by atoms with E-state index in [0.717, 1.165) is 56.3 Å². The smallest absolute Gasteiger partial charge is 0.144 e. The van der Waals surface area contributed by atoms with Crippen molar-refractivity contribution in [3.63, 3.8) is 0 Å². The standard InChI is InChI=1S/C25H34FN3/c1-18-14-19(2)17-29(16-18)24-12-13-27-15-21(24)8-9-22-10-11-23(26)25(28-22)20-6-4-3-5-7-20/h10-13,15,18-20H,3-9,14,16-17H2,1-2H3/t18-,19+. The van der Waals surface area contributed by atoms with Crippen LogP contribution in [0.25, 0.3) is 0 Å². The van der Waals surface area contributed by atoms with Gasteiger partial charge < -0.3 is 4.90 Å². The highest BCUT2D eigenvalue weighted by Gasteiger charge is 2.24. The summed E-state index contributed by atoms with van der Waals surface area (Å²) in [6.07, 6.45) is 12.8. The minimum absolute atomic E-state index is 0.126. The first-order chi connectivity index (χ1) is 14.1. The summed E-state index contributed by atoms with van der Waals surface area (Å²) in [7, 11) is 0. The van der Waals surface area contributed by atoms with Gasteiger partial charge in [-0.3, -0.25) is 9.97 Å². The fraction of sp³-hybridized carbons (Fsp3) is 0.600. The number of halogens is 1. The van der Waals surface area contributed by atoms with Crippen LogP contribution in [-0.4, -0.2) is 23.1 Å². The van der Waals surface area contributed by atoms with E-state index >= 15 is 0 Å². The second kappa shape index (κ2) is 9.23. The average molecular weight is 396 g/mol. The molecule has 1 aliphatic carbocycles. The van der Waals surface area contributed by atoms with Crippen molar-refractivity contribution < 1.29 is 4.39 Å². The van der Waals surface area contributed by atoms with Gasteiger partial charge in [0, 0.05) is 42.8 Å². The minimum atomic E-state index is -0.126. The van der Waals surface area contributed by atoms with E-state index in [2.05, 4.69) is 29.8 Å². The lowest BCUT2D eigenvalue weighted by atomic mass is 9.86. The summed E-state index contributed by atoms with van der Waals surface area (Å²) in [5.74, 6) is 1.61. The molecule has 156 valence electrons. The fourth-order valence-corrected chi connectivity index (χ4v) is 5.34. The molecule has 0 amide bonds. The molecule has 0 unspecified atom stereocenters. The third-order valence-corrected chi connectivity index (χ3v) is 6.66. The molecule has 2 aromatic rings. The molecule has 0 bridgehead atoms. The summed E-state index contributed by atoms with van der Waals surface area (Å²) < 4.78 is 14.4.